The van der Waals surface area contributed by atoms with E-state index < -0.39 is 17.9 Å². The van der Waals surface area contributed by atoms with Crippen LogP contribution >= 0.6 is 0 Å². The molecule has 0 aliphatic carbocycles. The summed E-state index contributed by atoms with van der Waals surface area (Å²) in [6.45, 7) is 4.57. The van der Waals surface area contributed by atoms with Gasteiger partial charge in [-0.2, -0.15) is 0 Å². The topological polar surface area (TPSA) is 78.9 Å². The van der Waals surface area contributed by atoms with E-state index in [9.17, 15) is 9.59 Å². The van der Waals surface area contributed by atoms with E-state index in [-0.39, 0.29) is 25.3 Å². The average Bonchev–Trinajstić information content (AvgIpc) is 2.87. The standard InChI is InChI=1S/C14H26N2O4/c1-4-5-6-7-10(2)15-14(19)16(3)12-9-20-8-11(12)13(17)18/h10-12H,4-9H2,1-3H3,(H,15,19)(H,17,18). The predicted octanol–water partition coefficient (Wildman–Crippen LogP) is 1.70. The number of likely N-dealkylation sites (N-methyl/N-ethyl adjacent to an activating group) is 1. The van der Waals surface area contributed by atoms with Crippen molar-refractivity contribution in [1.82, 2.24) is 10.2 Å². The maximum atomic E-state index is 12.1. The quantitative estimate of drug-likeness (QED) is 0.698. The molecule has 116 valence electrons. The van der Waals surface area contributed by atoms with Crippen molar-refractivity contribution in [2.45, 2.75) is 51.6 Å². The second kappa shape index (κ2) is 8.09. The molecule has 6 nitrogen and oxygen atoms in total. The van der Waals surface area contributed by atoms with Crippen molar-refractivity contribution in [2.75, 3.05) is 20.3 Å². The molecule has 1 rings (SSSR count). The highest BCUT2D eigenvalue weighted by Crippen LogP contribution is 2.19. The fourth-order valence-electron chi connectivity index (χ4n) is 2.40. The molecule has 3 unspecified atom stereocenters. The Morgan fingerprint density at radius 2 is 2.10 bits per heavy atom. The second-order valence-corrected chi connectivity index (χ2v) is 5.51. The van der Waals surface area contributed by atoms with Crippen LogP contribution in [0.1, 0.15) is 39.5 Å². The first-order chi connectivity index (χ1) is 9.47. The van der Waals surface area contributed by atoms with E-state index in [2.05, 4.69) is 12.2 Å². The van der Waals surface area contributed by atoms with Crippen LogP contribution < -0.4 is 5.32 Å². The van der Waals surface area contributed by atoms with E-state index in [0.29, 0.717) is 0 Å². The lowest BCUT2D eigenvalue weighted by Gasteiger charge is -2.28. The summed E-state index contributed by atoms with van der Waals surface area (Å²) in [6.07, 6.45) is 4.34. The van der Waals surface area contributed by atoms with E-state index in [1.54, 1.807) is 7.05 Å². The van der Waals surface area contributed by atoms with Gasteiger partial charge in [0.25, 0.3) is 0 Å². The van der Waals surface area contributed by atoms with Crippen molar-refractivity contribution in [3.63, 3.8) is 0 Å². The van der Waals surface area contributed by atoms with E-state index >= 15 is 0 Å². The van der Waals surface area contributed by atoms with E-state index in [1.165, 1.54) is 4.90 Å². The summed E-state index contributed by atoms with van der Waals surface area (Å²) < 4.78 is 5.18. The van der Waals surface area contributed by atoms with Crippen molar-refractivity contribution < 1.29 is 19.4 Å². The second-order valence-electron chi connectivity index (χ2n) is 5.51. The van der Waals surface area contributed by atoms with Gasteiger partial charge in [0.05, 0.1) is 19.3 Å². The first-order valence-corrected chi connectivity index (χ1v) is 7.31. The molecule has 2 N–H and O–H groups in total. The van der Waals surface area contributed by atoms with Gasteiger partial charge in [0.15, 0.2) is 0 Å². The van der Waals surface area contributed by atoms with Gasteiger partial charge in [-0.1, -0.05) is 26.2 Å². The van der Waals surface area contributed by atoms with E-state index in [4.69, 9.17) is 9.84 Å². The molecule has 1 aliphatic rings. The van der Waals surface area contributed by atoms with Gasteiger partial charge in [-0.25, -0.2) is 4.79 Å². The number of carbonyl (C=O) groups is 2. The Labute approximate surface area is 120 Å². The predicted molar refractivity (Wildman–Crippen MR) is 75.6 cm³/mol. The number of ether oxygens (including phenoxy) is 1. The minimum absolute atomic E-state index is 0.0992. The minimum Gasteiger partial charge on any atom is -0.481 e. The summed E-state index contributed by atoms with van der Waals surface area (Å²) in [5, 5.41) is 12.0. The van der Waals surface area contributed by atoms with Crippen LogP contribution in [0.2, 0.25) is 0 Å². The Morgan fingerprint density at radius 1 is 1.40 bits per heavy atom. The molecule has 1 saturated heterocycles. The molecular formula is C14H26N2O4. The summed E-state index contributed by atoms with van der Waals surface area (Å²) in [4.78, 5) is 24.7. The zero-order valence-corrected chi connectivity index (χ0v) is 12.6. The number of rotatable bonds is 7. The van der Waals surface area contributed by atoms with Crippen molar-refractivity contribution >= 4 is 12.0 Å². The van der Waals surface area contributed by atoms with Gasteiger partial charge in [0.2, 0.25) is 0 Å². The van der Waals surface area contributed by atoms with Crippen LogP contribution in [-0.2, 0) is 9.53 Å². The summed E-state index contributed by atoms with van der Waals surface area (Å²) in [6, 6.07) is -0.520. The van der Waals surface area contributed by atoms with Crippen molar-refractivity contribution in [3.05, 3.63) is 0 Å². The Kier molecular flexibility index (Phi) is 6.78. The van der Waals surface area contributed by atoms with Gasteiger partial charge in [-0.05, 0) is 13.3 Å². The van der Waals surface area contributed by atoms with Crippen LogP contribution in [-0.4, -0.2) is 54.4 Å². The van der Waals surface area contributed by atoms with Crippen LogP contribution in [0, 0.1) is 5.92 Å². The van der Waals surface area contributed by atoms with Crippen LogP contribution in [0.3, 0.4) is 0 Å². The van der Waals surface area contributed by atoms with Gasteiger partial charge in [0.1, 0.15) is 5.92 Å². The lowest BCUT2D eigenvalue weighted by Crippen LogP contribution is -2.50. The molecule has 1 aliphatic heterocycles. The molecule has 1 heterocycles. The number of amides is 2. The lowest BCUT2D eigenvalue weighted by molar-refractivity contribution is -0.142. The van der Waals surface area contributed by atoms with Crippen LogP contribution in [0.4, 0.5) is 4.79 Å². The normalized spacial score (nSPS) is 23.4. The number of unbranched alkanes of at least 4 members (excludes halogenated alkanes) is 2. The number of carbonyl (C=O) groups excluding carboxylic acids is 1. The molecule has 0 saturated carbocycles. The number of nitrogens with zero attached hydrogens (tertiary/aromatic N) is 1. The van der Waals surface area contributed by atoms with Gasteiger partial charge in [-0.15, -0.1) is 0 Å². The number of aliphatic carboxylic acids is 1. The van der Waals surface area contributed by atoms with Crippen molar-refractivity contribution in [3.8, 4) is 0 Å². The summed E-state index contributed by atoms with van der Waals surface area (Å²) >= 11 is 0. The highest BCUT2D eigenvalue weighted by molar-refractivity contribution is 5.77. The Hall–Kier alpha value is -1.30. The number of carboxylic acid groups (broad SMARTS) is 1. The first kappa shape index (κ1) is 16.8. The van der Waals surface area contributed by atoms with Gasteiger partial charge < -0.3 is 20.1 Å². The monoisotopic (exact) mass is 286 g/mol. The molecule has 20 heavy (non-hydrogen) atoms. The summed E-state index contributed by atoms with van der Waals surface area (Å²) in [5.41, 5.74) is 0. The number of urea groups is 1. The zero-order valence-electron chi connectivity index (χ0n) is 12.6. The highest BCUT2D eigenvalue weighted by atomic mass is 16.5. The van der Waals surface area contributed by atoms with Gasteiger partial charge in [-0.3, -0.25) is 4.79 Å². The van der Waals surface area contributed by atoms with Gasteiger partial charge >= 0.3 is 12.0 Å². The molecule has 2 amide bonds. The third kappa shape index (κ3) is 4.67. The number of hydrogen-bond acceptors (Lipinski definition) is 3. The highest BCUT2D eigenvalue weighted by Gasteiger charge is 2.38. The van der Waals surface area contributed by atoms with Gasteiger partial charge in [0, 0.05) is 13.1 Å². The van der Waals surface area contributed by atoms with Crippen LogP contribution in [0.25, 0.3) is 0 Å². The molecule has 0 bridgehead atoms. The maximum Gasteiger partial charge on any atom is 0.317 e. The zero-order chi connectivity index (χ0) is 15.1. The van der Waals surface area contributed by atoms with E-state index in [1.807, 2.05) is 6.92 Å². The third-order valence-electron chi connectivity index (χ3n) is 3.80. The summed E-state index contributed by atoms with van der Waals surface area (Å²) in [5.74, 6) is -1.55. The SMILES string of the molecule is CCCCCC(C)NC(=O)N(C)C1COCC1C(=O)O. The molecule has 6 heteroatoms. The van der Waals surface area contributed by atoms with E-state index in [0.717, 1.165) is 25.7 Å². The smallest absolute Gasteiger partial charge is 0.317 e. The molecule has 0 aromatic rings. The largest absolute Gasteiger partial charge is 0.481 e. The first-order valence-electron chi connectivity index (χ1n) is 7.31. The summed E-state index contributed by atoms with van der Waals surface area (Å²) in [7, 11) is 1.63. The third-order valence-corrected chi connectivity index (χ3v) is 3.80. The molecule has 0 spiro atoms. The fraction of sp³-hybridized carbons (Fsp3) is 0.857. The molecule has 0 aromatic heterocycles. The minimum atomic E-state index is -0.914. The molecule has 3 atom stereocenters. The number of hydrogen-bond donors (Lipinski definition) is 2. The fourth-order valence-corrected chi connectivity index (χ4v) is 2.40. The van der Waals surface area contributed by atoms with Crippen molar-refractivity contribution in [2.24, 2.45) is 5.92 Å². The Balaban J connectivity index is 2.44. The Morgan fingerprint density at radius 3 is 2.70 bits per heavy atom. The maximum absolute atomic E-state index is 12.1. The molecular weight excluding hydrogens is 260 g/mol. The van der Waals surface area contributed by atoms with Crippen LogP contribution in [0.15, 0.2) is 0 Å². The molecule has 0 aromatic carbocycles. The number of carboxylic acids is 1. The lowest BCUT2D eigenvalue weighted by atomic mass is 10.0. The average molecular weight is 286 g/mol. The molecule has 1 fully saturated rings. The molecule has 0 radical (unpaired) electrons. The number of nitrogens with one attached hydrogen (secondary N) is 1. The Bertz CT molecular complexity index is 335. The van der Waals surface area contributed by atoms with Crippen molar-refractivity contribution in [1.29, 1.82) is 0 Å². The van der Waals surface area contributed by atoms with Crippen LogP contribution in [0.5, 0.6) is 0 Å².